The molecule has 4 heterocycles. The zero-order valence-electron chi connectivity index (χ0n) is 14.3. The van der Waals surface area contributed by atoms with Crippen molar-refractivity contribution in [2.75, 3.05) is 6.54 Å². The van der Waals surface area contributed by atoms with Gasteiger partial charge in [0.15, 0.2) is 0 Å². The molecule has 0 fully saturated rings. The molecule has 0 saturated carbocycles. The van der Waals surface area contributed by atoms with E-state index in [4.69, 9.17) is 9.26 Å². The molecule has 0 spiro atoms. The van der Waals surface area contributed by atoms with Crippen LogP contribution in [0.5, 0.6) is 0 Å². The maximum absolute atomic E-state index is 5.98. The summed E-state index contributed by atoms with van der Waals surface area (Å²) >= 11 is 0. The molecule has 0 unspecified atom stereocenters. The minimum Gasteiger partial charge on any atom is -0.369 e. The van der Waals surface area contributed by atoms with Gasteiger partial charge < -0.3 is 14.6 Å². The second-order valence-electron chi connectivity index (χ2n) is 6.18. The van der Waals surface area contributed by atoms with E-state index in [1.54, 1.807) is 12.4 Å². The molecule has 0 aromatic carbocycles. The van der Waals surface area contributed by atoms with E-state index in [9.17, 15) is 0 Å². The van der Waals surface area contributed by atoms with Crippen molar-refractivity contribution in [2.24, 2.45) is 0 Å². The third kappa shape index (κ3) is 3.18. The van der Waals surface area contributed by atoms with Crippen LogP contribution in [0.15, 0.2) is 29.0 Å². The number of aryl methyl sites for hydroxylation is 2. The Balaban J connectivity index is 1.38. The summed E-state index contributed by atoms with van der Waals surface area (Å²) < 4.78 is 13.1. The van der Waals surface area contributed by atoms with E-state index in [2.05, 4.69) is 25.8 Å². The van der Waals surface area contributed by atoms with Gasteiger partial charge in [-0.25, -0.2) is 4.68 Å². The zero-order chi connectivity index (χ0) is 17.2. The van der Waals surface area contributed by atoms with Crippen LogP contribution in [-0.4, -0.2) is 37.8 Å². The maximum Gasteiger partial charge on any atom is 0.138 e. The third-order valence-electron chi connectivity index (χ3n) is 4.46. The molecule has 3 aromatic heterocycles. The monoisotopic (exact) mass is 340 g/mol. The number of nitrogens with one attached hydrogen (secondary N) is 1. The first-order valence-electron chi connectivity index (χ1n) is 8.29. The van der Waals surface area contributed by atoms with E-state index in [-0.39, 0.29) is 6.10 Å². The van der Waals surface area contributed by atoms with Gasteiger partial charge in [0.05, 0.1) is 30.6 Å². The fraction of sp³-hybridized carbons (Fsp3) is 0.412. The molecular formula is C17H20N6O2. The lowest BCUT2D eigenvalue weighted by atomic mass is 10.1. The van der Waals surface area contributed by atoms with Gasteiger partial charge in [0.1, 0.15) is 11.5 Å². The Morgan fingerprint density at radius 1 is 1.36 bits per heavy atom. The Kier molecular flexibility index (Phi) is 4.29. The summed E-state index contributed by atoms with van der Waals surface area (Å²) in [6, 6.07) is 3.88. The molecule has 8 heteroatoms. The van der Waals surface area contributed by atoms with Crippen molar-refractivity contribution in [1.29, 1.82) is 0 Å². The molecule has 0 amide bonds. The molecule has 130 valence electrons. The fourth-order valence-electron chi connectivity index (χ4n) is 3.03. The molecule has 1 N–H and O–H groups in total. The lowest BCUT2D eigenvalue weighted by molar-refractivity contribution is 0.00123. The molecule has 0 saturated heterocycles. The van der Waals surface area contributed by atoms with Crippen LogP contribution < -0.4 is 5.32 Å². The Hall–Kier alpha value is -2.58. The second-order valence-corrected chi connectivity index (χ2v) is 6.18. The molecule has 4 rings (SSSR count). The molecule has 0 aliphatic carbocycles. The van der Waals surface area contributed by atoms with E-state index < -0.39 is 0 Å². The van der Waals surface area contributed by atoms with Gasteiger partial charge in [0, 0.05) is 36.6 Å². The first kappa shape index (κ1) is 15.9. The number of hydrogen-bond donors (Lipinski definition) is 1. The summed E-state index contributed by atoms with van der Waals surface area (Å²) in [4.78, 5) is 4.14. The van der Waals surface area contributed by atoms with Gasteiger partial charge in [0.2, 0.25) is 0 Å². The summed E-state index contributed by atoms with van der Waals surface area (Å²) in [6.07, 6.45) is 3.59. The molecular weight excluding hydrogens is 320 g/mol. The van der Waals surface area contributed by atoms with Crippen molar-refractivity contribution in [3.8, 4) is 11.3 Å². The molecule has 8 nitrogen and oxygen atoms in total. The van der Waals surface area contributed by atoms with Crippen molar-refractivity contribution in [3.63, 3.8) is 0 Å². The molecule has 1 aliphatic heterocycles. The van der Waals surface area contributed by atoms with Gasteiger partial charge in [-0.15, -0.1) is 5.10 Å². The maximum atomic E-state index is 5.98. The number of pyridine rings is 1. The number of nitrogens with zero attached hydrogens (tertiary/aromatic N) is 5. The van der Waals surface area contributed by atoms with Crippen LogP contribution in [0.4, 0.5) is 0 Å². The van der Waals surface area contributed by atoms with Gasteiger partial charge in [-0.1, -0.05) is 10.4 Å². The Bertz CT molecular complexity index is 838. The van der Waals surface area contributed by atoms with Crippen LogP contribution in [-0.2, 0) is 24.4 Å². The summed E-state index contributed by atoms with van der Waals surface area (Å²) in [7, 11) is 0. The predicted molar refractivity (Wildman–Crippen MR) is 89.5 cm³/mol. The average molecular weight is 340 g/mol. The minimum absolute atomic E-state index is 0.0522. The van der Waals surface area contributed by atoms with Crippen LogP contribution in [0, 0.1) is 13.8 Å². The van der Waals surface area contributed by atoms with Gasteiger partial charge >= 0.3 is 0 Å². The first-order valence-corrected chi connectivity index (χ1v) is 8.29. The molecule has 0 radical (unpaired) electrons. The smallest absolute Gasteiger partial charge is 0.138 e. The fourth-order valence-corrected chi connectivity index (χ4v) is 3.03. The second kappa shape index (κ2) is 6.73. The topological polar surface area (TPSA) is 90.9 Å². The van der Waals surface area contributed by atoms with Gasteiger partial charge in [-0.05, 0) is 26.0 Å². The minimum atomic E-state index is 0.0522. The van der Waals surface area contributed by atoms with Crippen LogP contribution in [0.2, 0.25) is 0 Å². The quantitative estimate of drug-likeness (QED) is 0.755. The Labute approximate surface area is 145 Å². The highest BCUT2D eigenvalue weighted by atomic mass is 16.5. The summed E-state index contributed by atoms with van der Waals surface area (Å²) in [5.41, 5.74) is 4.83. The van der Waals surface area contributed by atoms with Gasteiger partial charge in [-0.2, -0.15) is 0 Å². The van der Waals surface area contributed by atoms with E-state index in [1.807, 2.05) is 30.7 Å². The van der Waals surface area contributed by atoms with Crippen LogP contribution in [0.1, 0.15) is 22.7 Å². The van der Waals surface area contributed by atoms with E-state index >= 15 is 0 Å². The summed E-state index contributed by atoms with van der Waals surface area (Å²) in [5.74, 6) is 0.856. The highest BCUT2D eigenvalue weighted by molar-refractivity contribution is 5.59. The van der Waals surface area contributed by atoms with E-state index in [0.717, 1.165) is 40.5 Å². The first-order chi connectivity index (χ1) is 12.2. The van der Waals surface area contributed by atoms with Crippen molar-refractivity contribution in [1.82, 2.24) is 30.5 Å². The normalized spacial score (nSPS) is 16.8. The highest BCUT2D eigenvalue weighted by Crippen LogP contribution is 2.24. The van der Waals surface area contributed by atoms with Crippen molar-refractivity contribution in [3.05, 3.63) is 47.2 Å². The van der Waals surface area contributed by atoms with Gasteiger partial charge in [0.25, 0.3) is 0 Å². The molecule has 1 aliphatic rings. The molecule has 1 atom stereocenters. The average Bonchev–Trinajstić information content (AvgIpc) is 3.20. The number of rotatable bonds is 5. The SMILES string of the molecule is Cc1noc(C)c1CNC[C@H]1Cn2nnc(-c3cccnc3)c2CO1. The predicted octanol–water partition coefficient (Wildman–Crippen LogP) is 1.63. The molecule has 0 bridgehead atoms. The Morgan fingerprint density at radius 2 is 2.28 bits per heavy atom. The van der Waals surface area contributed by atoms with Crippen LogP contribution in [0.25, 0.3) is 11.3 Å². The van der Waals surface area contributed by atoms with Crippen molar-refractivity contribution >= 4 is 0 Å². The largest absolute Gasteiger partial charge is 0.369 e. The van der Waals surface area contributed by atoms with Crippen molar-refractivity contribution in [2.45, 2.75) is 39.6 Å². The Morgan fingerprint density at radius 3 is 3.04 bits per heavy atom. The van der Waals surface area contributed by atoms with E-state index in [1.165, 1.54) is 0 Å². The van der Waals surface area contributed by atoms with E-state index in [0.29, 0.717) is 19.7 Å². The lowest BCUT2D eigenvalue weighted by Crippen LogP contribution is -2.36. The highest BCUT2D eigenvalue weighted by Gasteiger charge is 2.24. The van der Waals surface area contributed by atoms with Crippen LogP contribution >= 0.6 is 0 Å². The standard InChI is InChI=1S/C17H20N6O2/c1-11-15(12(2)25-21-11)8-19-7-14-9-23-16(10-24-14)17(20-22-23)13-4-3-5-18-6-13/h3-6,14,19H,7-10H2,1-2H3/t14-/m0/s1. The summed E-state index contributed by atoms with van der Waals surface area (Å²) in [5, 5.41) is 16.0. The zero-order valence-corrected chi connectivity index (χ0v) is 14.3. The lowest BCUT2D eigenvalue weighted by Gasteiger charge is -2.24. The van der Waals surface area contributed by atoms with Gasteiger partial charge in [-0.3, -0.25) is 4.98 Å². The molecule has 3 aromatic rings. The van der Waals surface area contributed by atoms with Crippen molar-refractivity contribution < 1.29 is 9.26 Å². The number of fused-ring (bicyclic) bond motifs is 1. The third-order valence-corrected chi connectivity index (χ3v) is 4.46. The number of hydrogen-bond acceptors (Lipinski definition) is 7. The number of aromatic nitrogens is 5. The summed E-state index contributed by atoms with van der Waals surface area (Å²) in [6.45, 7) is 6.49. The molecule has 25 heavy (non-hydrogen) atoms. The number of ether oxygens (including phenoxy) is 1. The van der Waals surface area contributed by atoms with Crippen LogP contribution in [0.3, 0.4) is 0 Å².